The number of hydrogen-bond donors (Lipinski definition) is 2. The molecule has 1 atom stereocenters. The minimum absolute atomic E-state index is 0.0780. The topological polar surface area (TPSA) is 73.4 Å². The van der Waals surface area contributed by atoms with Gasteiger partial charge in [-0.15, -0.1) is 0 Å². The average Bonchev–Trinajstić information content (AvgIpc) is 2.69. The molecule has 0 saturated heterocycles. The summed E-state index contributed by atoms with van der Waals surface area (Å²) in [5, 5.41) is 5.56. The Kier molecular flexibility index (Phi) is 7.76. The van der Waals surface area contributed by atoms with Gasteiger partial charge in [-0.3, -0.25) is 4.79 Å². The molecule has 3 N–H and O–H groups in total. The third kappa shape index (κ3) is 5.52. The summed E-state index contributed by atoms with van der Waals surface area (Å²) in [4.78, 5) is 12.2. The maximum atomic E-state index is 12.2. The van der Waals surface area contributed by atoms with Crippen molar-refractivity contribution in [3.8, 4) is 17.2 Å². The third-order valence-electron chi connectivity index (χ3n) is 4.32. The lowest BCUT2D eigenvalue weighted by Gasteiger charge is -2.15. The van der Waals surface area contributed by atoms with Gasteiger partial charge in [0.2, 0.25) is 0 Å². The number of halogens is 1. The van der Waals surface area contributed by atoms with Crippen LogP contribution in [0.4, 0.5) is 0 Å². The van der Waals surface area contributed by atoms with Gasteiger partial charge in [0.05, 0.1) is 21.3 Å². The number of benzene rings is 2. The molecule has 6 nitrogen and oxygen atoms in total. The first-order valence-electron chi connectivity index (χ1n) is 8.63. The number of nitrogens with two attached hydrogens (primary N) is 1. The van der Waals surface area contributed by atoms with Gasteiger partial charge in [0.15, 0.2) is 18.0 Å². The number of rotatable bonds is 9. The van der Waals surface area contributed by atoms with Crippen molar-refractivity contribution >= 4 is 17.5 Å². The number of quaternary nitrogens is 1. The van der Waals surface area contributed by atoms with Crippen LogP contribution in [-0.4, -0.2) is 33.8 Å². The Morgan fingerprint density at radius 1 is 1.07 bits per heavy atom. The van der Waals surface area contributed by atoms with E-state index >= 15 is 0 Å². The fourth-order valence-corrected chi connectivity index (χ4v) is 3.06. The smallest absolute Gasteiger partial charge is 0.275 e. The molecule has 2 aromatic carbocycles. The highest BCUT2D eigenvalue weighted by molar-refractivity contribution is 6.31. The molecule has 146 valence electrons. The van der Waals surface area contributed by atoms with Crippen LogP contribution in [0.2, 0.25) is 5.02 Å². The van der Waals surface area contributed by atoms with Crippen molar-refractivity contribution in [3.05, 3.63) is 52.5 Å². The highest BCUT2D eigenvalue weighted by atomic mass is 35.5. The lowest BCUT2D eigenvalue weighted by atomic mass is 10.1. The molecular weight excluding hydrogens is 368 g/mol. The van der Waals surface area contributed by atoms with Gasteiger partial charge in [0.1, 0.15) is 11.8 Å². The second kappa shape index (κ2) is 10.0. The molecule has 0 saturated carbocycles. The van der Waals surface area contributed by atoms with E-state index in [1.807, 2.05) is 36.5 Å². The Labute approximate surface area is 164 Å². The number of hydrogen-bond acceptors (Lipinski definition) is 4. The van der Waals surface area contributed by atoms with Crippen molar-refractivity contribution < 1.29 is 24.3 Å². The molecule has 0 aromatic heterocycles. The molecule has 0 aliphatic carbocycles. The van der Waals surface area contributed by atoms with Crippen LogP contribution >= 0.6 is 11.6 Å². The first-order valence-corrected chi connectivity index (χ1v) is 9.01. The zero-order chi connectivity index (χ0) is 19.8. The summed E-state index contributed by atoms with van der Waals surface area (Å²) in [6, 6.07) is 11.3. The molecule has 0 unspecified atom stereocenters. The lowest BCUT2D eigenvalue weighted by molar-refractivity contribution is -0.682. The normalized spacial score (nSPS) is 11.6. The van der Waals surface area contributed by atoms with E-state index in [1.165, 1.54) is 0 Å². The molecule has 0 aliphatic rings. The predicted octanol–water partition coefficient (Wildman–Crippen LogP) is 2.31. The van der Waals surface area contributed by atoms with Gasteiger partial charge in [-0.05, 0) is 19.1 Å². The lowest BCUT2D eigenvalue weighted by Crippen LogP contribution is -2.87. The number of methoxy groups -OCH3 is 3. The number of nitrogens with one attached hydrogen (secondary N) is 1. The standard InChI is InChI=1S/C20H25ClN2O4/c1-13(15-7-5-6-8-16(15)21)22-12-20(24)23-11-14-9-18(26-3)19(27-4)10-17(14)25-2/h5-10,13,22H,11-12H2,1-4H3,(H,23,24)/p+1/t13-/m1/s1. The molecule has 0 bridgehead atoms. The van der Waals surface area contributed by atoms with E-state index in [2.05, 4.69) is 5.32 Å². The van der Waals surface area contributed by atoms with Gasteiger partial charge in [0, 0.05) is 28.8 Å². The number of carbonyl (C=O) groups is 1. The first-order chi connectivity index (χ1) is 13.0. The molecule has 1 amide bonds. The predicted molar refractivity (Wildman–Crippen MR) is 105 cm³/mol. The van der Waals surface area contributed by atoms with Crippen LogP contribution in [0.3, 0.4) is 0 Å². The van der Waals surface area contributed by atoms with E-state index in [1.54, 1.807) is 33.5 Å². The summed E-state index contributed by atoms with van der Waals surface area (Å²) < 4.78 is 16.0. The van der Waals surface area contributed by atoms with Crippen LogP contribution in [0.25, 0.3) is 0 Å². The van der Waals surface area contributed by atoms with Crippen LogP contribution in [0.5, 0.6) is 17.2 Å². The van der Waals surface area contributed by atoms with Gasteiger partial charge in [-0.1, -0.05) is 29.8 Å². The Morgan fingerprint density at radius 2 is 1.70 bits per heavy atom. The molecule has 0 spiro atoms. The fraction of sp³-hybridized carbons (Fsp3) is 0.350. The Morgan fingerprint density at radius 3 is 2.33 bits per heavy atom. The number of ether oxygens (including phenoxy) is 3. The van der Waals surface area contributed by atoms with E-state index < -0.39 is 0 Å². The molecule has 2 aromatic rings. The minimum Gasteiger partial charge on any atom is -0.496 e. The van der Waals surface area contributed by atoms with Crippen LogP contribution in [0.1, 0.15) is 24.1 Å². The van der Waals surface area contributed by atoms with E-state index in [-0.39, 0.29) is 11.9 Å². The van der Waals surface area contributed by atoms with E-state index in [0.29, 0.717) is 35.4 Å². The largest absolute Gasteiger partial charge is 0.496 e. The van der Waals surface area contributed by atoms with Gasteiger partial charge in [-0.25, -0.2) is 0 Å². The van der Waals surface area contributed by atoms with Crippen LogP contribution in [0.15, 0.2) is 36.4 Å². The highest BCUT2D eigenvalue weighted by Crippen LogP contribution is 2.34. The SMILES string of the molecule is COc1cc(OC)c(OC)cc1CNC(=O)C[NH2+][C@H](C)c1ccccc1Cl. The van der Waals surface area contributed by atoms with Crippen molar-refractivity contribution in [2.45, 2.75) is 19.5 Å². The quantitative estimate of drug-likeness (QED) is 0.685. The van der Waals surface area contributed by atoms with Gasteiger partial charge in [0.25, 0.3) is 5.91 Å². The average molecular weight is 394 g/mol. The monoisotopic (exact) mass is 393 g/mol. The fourth-order valence-electron chi connectivity index (χ4n) is 2.75. The van der Waals surface area contributed by atoms with E-state index in [0.717, 1.165) is 11.1 Å². The van der Waals surface area contributed by atoms with Crippen LogP contribution < -0.4 is 24.8 Å². The minimum atomic E-state index is -0.0780. The third-order valence-corrected chi connectivity index (χ3v) is 4.66. The Hall–Kier alpha value is -2.44. The maximum absolute atomic E-state index is 12.2. The first kappa shape index (κ1) is 20.9. The van der Waals surface area contributed by atoms with Crippen molar-refractivity contribution in [1.82, 2.24) is 5.32 Å². The van der Waals surface area contributed by atoms with Crippen molar-refractivity contribution in [1.29, 1.82) is 0 Å². The number of amides is 1. The second-order valence-corrected chi connectivity index (χ2v) is 6.45. The van der Waals surface area contributed by atoms with Crippen LogP contribution in [-0.2, 0) is 11.3 Å². The highest BCUT2D eigenvalue weighted by Gasteiger charge is 2.16. The van der Waals surface area contributed by atoms with Crippen molar-refractivity contribution in [3.63, 3.8) is 0 Å². The number of carbonyl (C=O) groups excluding carboxylic acids is 1. The molecule has 0 radical (unpaired) electrons. The molecular formula is C20H26ClN2O4+. The molecule has 0 heterocycles. The van der Waals surface area contributed by atoms with Crippen molar-refractivity contribution in [2.24, 2.45) is 0 Å². The van der Waals surface area contributed by atoms with Gasteiger partial charge in [-0.2, -0.15) is 0 Å². The second-order valence-electron chi connectivity index (χ2n) is 6.05. The zero-order valence-corrected chi connectivity index (χ0v) is 16.8. The molecule has 0 fully saturated rings. The zero-order valence-electron chi connectivity index (χ0n) is 16.0. The van der Waals surface area contributed by atoms with E-state index in [9.17, 15) is 4.79 Å². The summed E-state index contributed by atoms with van der Waals surface area (Å²) >= 11 is 6.21. The van der Waals surface area contributed by atoms with Gasteiger partial charge >= 0.3 is 0 Å². The van der Waals surface area contributed by atoms with Crippen LogP contribution in [0, 0.1) is 0 Å². The molecule has 2 rings (SSSR count). The van der Waals surface area contributed by atoms with Gasteiger partial charge < -0.3 is 24.8 Å². The summed E-state index contributed by atoms with van der Waals surface area (Å²) in [7, 11) is 4.71. The molecule has 0 aliphatic heterocycles. The molecule has 27 heavy (non-hydrogen) atoms. The summed E-state index contributed by atoms with van der Waals surface area (Å²) in [6.45, 7) is 2.64. The maximum Gasteiger partial charge on any atom is 0.275 e. The summed E-state index contributed by atoms with van der Waals surface area (Å²) in [5.74, 6) is 1.71. The van der Waals surface area contributed by atoms with E-state index in [4.69, 9.17) is 25.8 Å². The Bertz CT molecular complexity index is 783. The summed E-state index contributed by atoms with van der Waals surface area (Å²) in [5.41, 5.74) is 1.82. The van der Waals surface area contributed by atoms with Crippen molar-refractivity contribution in [2.75, 3.05) is 27.9 Å². The molecule has 7 heteroatoms. The summed E-state index contributed by atoms with van der Waals surface area (Å²) in [6.07, 6.45) is 0. The Balaban J connectivity index is 1.94.